The second-order valence-electron chi connectivity index (χ2n) is 3.87. The van der Waals surface area contributed by atoms with Crippen molar-refractivity contribution in [2.24, 2.45) is 5.73 Å². The maximum Gasteiger partial charge on any atom is 0.243 e. The molecule has 1 fully saturated rings. The molecule has 0 aliphatic heterocycles. The highest BCUT2D eigenvalue weighted by Gasteiger charge is 2.22. The van der Waals surface area contributed by atoms with E-state index in [1.807, 2.05) is 13.0 Å². The molecule has 0 spiro atoms. The number of nitrogens with two attached hydrogens (primary N) is 1. The number of hydrogen-bond donors (Lipinski definition) is 2. The van der Waals surface area contributed by atoms with E-state index in [-0.39, 0.29) is 18.0 Å². The Balaban J connectivity index is 2.34. The molecule has 1 rings (SSSR count). The van der Waals surface area contributed by atoms with Crippen LogP contribution in [0.4, 0.5) is 0 Å². The van der Waals surface area contributed by atoms with Gasteiger partial charge < -0.3 is 11.1 Å². The number of carbonyl (C=O) groups is 1. The van der Waals surface area contributed by atoms with Crippen molar-refractivity contribution in [3.05, 3.63) is 12.2 Å². The van der Waals surface area contributed by atoms with E-state index < -0.39 is 0 Å². The standard InChI is InChI=1S/C11H20N2O/c1-2-3-8-11(14)13-10-7-5-4-6-9(10)12/h3,8-10H,2,4-7,12H2,1H3,(H,13,14)/b8-3+/t9-,10-/m1/s1. The van der Waals surface area contributed by atoms with Gasteiger partial charge in [0.05, 0.1) is 0 Å². The number of hydrogen-bond acceptors (Lipinski definition) is 2. The molecule has 0 bridgehead atoms. The van der Waals surface area contributed by atoms with Crippen molar-refractivity contribution in [3.63, 3.8) is 0 Å². The van der Waals surface area contributed by atoms with Crippen LogP contribution < -0.4 is 11.1 Å². The summed E-state index contributed by atoms with van der Waals surface area (Å²) in [6, 6.07) is 0.320. The first-order valence-electron chi connectivity index (χ1n) is 5.46. The van der Waals surface area contributed by atoms with Gasteiger partial charge in [-0.3, -0.25) is 4.79 Å². The van der Waals surface area contributed by atoms with Crippen LogP contribution in [0.15, 0.2) is 12.2 Å². The first-order valence-corrected chi connectivity index (χ1v) is 5.46. The molecule has 80 valence electrons. The number of amides is 1. The molecule has 3 heteroatoms. The maximum absolute atomic E-state index is 11.4. The molecule has 0 heterocycles. The van der Waals surface area contributed by atoms with Crippen LogP contribution in [0.1, 0.15) is 39.0 Å². The van der Waals surface area contributed by atoms with Crippen molar-refractivity contribution in [3.8, 4) is 0 Å². The smallest absolute Gasteiger partial charge is 0.243 e. The van der Waals surface area contributed by atoms with Gasteiger partial charge in [-0.1, -0.05) is 25.8 Å². The zero-order valence-corrected chi connectivity index (χ0v) is 8.83. The van der Waals surface area contributed by atoms with Gasteiger partial charge >= 0.3 is 0 Å². The zero-order chi connectivity index (χ0) is 10.4. The van der Waals surface area contributed by atoms with Gasteiger partial charge in [0.1, 0.15) is 0 Å². The topological polar surface area (TPSA) is 55.1 Å². The number of rotatable bonds is 3. The average Bonchev–Trinajstić information content (AvgIpc) is 2.18. The molecule has 3 N–H and O–H groups in total. The Labute approximate surface area is 85.7 Å². The first kappa shape index (κ1) is 11.2. The highest BCUT2D eigenvalue weighted by Crippen LogP contribution is 2.16. The van der Waals surface area contributed by atoms with Gasteiger partial charge in [0.2, 0.25) is 5.91 Å². The molecule has 0 aromatic heterocycles. The molecule has 14 heavy (non-hydrogen) atoms. The predicted molar refractivity (Wildman–Crippen MR) is 57.8 cm³/mol. The minimum atomic E-state index is -0.00537. The van der Waals surface area contributed by atoms with Gasteiger partial charge in [-0.2, -0.15) is 0 Å². The van der Waals surface area contributed by atoms with Gasteiger partial charge in [0.15, 0.2) is 0 Å². The van der Waals surface area contributed by atoms with E-state index in [0.29, 0.717) is 0 Å². The molecule has 2 atom stereocenters. The molecule has 0 radical (unpaired) electrons. The Morgan fingerprint density at radius 2 is 2.21 bits per heavy atom. The van der Waals surface area contributed by atoms with Crippen LogP contribution in [0.2, 0.25) is 0 Å². The van der Waals surface area contributed by atoms with Crippen molar-refractivity contribution in [2.45, 2.75) is 51.1 Å². The van der Waals surface area contributed by atoms with Gasteiger partial charge in [-0.25, -0.2) is 0 Å². The van der Waals surface area contributed by atoms with E-state index in [1.54, 1.807) is 6.08 Å². The van der Waals surface area contributed by atoms with Crippen LogP contribution in [-0.4, -0.2) is 18.0 Å². The summed E-state index contributed by atoms with van der Waals surface area (Å²) in [7, 11) is 0. The number of allylic oxidation sites excluding steroid dienone is 1. The summed E-state index contributed by atoms with van der Waals surface area (Å²) >= 11 is 0. The van der Waals surface area contributed by atoms with E-state index in [9.17, 15) is 4.79 Å². The summed E-state index contributed by atoms with van der Waals surface area (Å²) in [5.74, 6) is -0.00537. The molecule has 3 nitrogen and oxygen atoms in total. The van der Waals surface area contributed by atoms with Crippen molar-refractivity contribution < 1.29 is 4.79 Å². The summed E-state index contributed by atoms with van der Waals surface area (Å²) < 4.78 is 0. The number of carbonyl (C=O) groups excluding carboxylic acids is 1. The average molecular weight is 196 g/mol. The predicted octanol–water partition coefficient (Wildman–Crippen LogP) is 1.34. The lowest BCUT2D eigenvalue weighted by molar-refractivity contribution is -0.117. The molecule has 0 aromatic carbocycles. The molecule has 0 unspecified atom stereocenters. The van der Waals surface area contributed by atoms with E-state index in [2.05, 4.69) is 5.32 Å². The molecule has 1 saturated carbocycles. The van der Waals surface area contributed by atoms with Crippen LogP contribution >= 0.6 is 0 Å². The summed E-state index contributed by atoms with van der Waals surface area (Å²) in [4.78, 5) is 11.4. The van der Waals surface area contributed by atoms with Crippen LogP contribution in [0.25, 0.3) is 0 Å². The summed E-state index contributed by atoms with van der Waals surface area (Å²) in [6.45, 7) is 2.01. The lowest BCUT2D eigenvalue weighted by Gasteiger charge is -2.28. The fourth-order valence-corrected chi connectivity index (χ4v) is 1.79. The van der Waals surface area contributed by atoms with Crippen LogP contribution in [0.3, 0.4) is 0 Å². The Bertz CT molecular complexity index is 213. The molecule has 1 aliphatic rings. The van der Waals surface area contributed by atoms with Crippen molar-refractivity contribution in [1.82, 2.24) is 5.32 Å². The molecule has 1 aliphatic carbocycles. The lowest BCUT2D eigenvalue weighted by atomic mass is 9.91. The number of nitrogens with one attached hydrogen (secondary N) is 1. The summed E-state index contributed by atoms with van der Waals surface area (Å²) in [6.07, 6.45) is 8.78. The van der Waals surface area contributed by atoms with E-state index in [4.69, 9.17) is 5.73 Å². The van der Waals surface area contributed by atoms with Crippen molar-refractivity contribution >= 4 is 5.91 Å². The molecular formula is C11H20N2O. The first-order chi connectivity index (χ1) is 6.74. The second kappa shape index (κ2) is 5.81. The lowest BCUT2D eigenvalue weighted by Crippen LogP contribution is -2.48. The third kappa shape index (κ3) is 3.50. The molecule has 0 aromatic rings. The van der Waals surface area contributed by atoms with E-state index >= 15 is 0 Å². The quantitative estimate of drug-likeness (QED) is 0.669. The normalized spacial score (nSPS) is 27.9. The zero-order valence-electron chi connectivity index (χ0n) is 8.83. The van der Waals surface area contributed by atoms with Gasteiger partial charge in [0, 0.05) is 12.1 Å². The Kier molecular flexibility index (Phi) is 4.66. The van der Waals surface area contributed by atoms with E-state index in [0.717, 1.165) is 19.3 Å². The van der Waals surface area contributed by atoms with Gasteiger partial charge in [0.25, 0.3) is 0 Å². The largest absolute Gasteiger partial charge is 0.348 e. The third-order valence-electron chi connectivity index (χ3n) is 2.65. The van der Waals surface area contributed by atoms with E-state index in [1.165, 1.54) is 12.8 Å². The van der Waals surface area contributed by atoms with Crippen molar-refractivity contribution in [2.75, 3.05) is 0 Å². The van der Waals surface area contributed by atoms with Crippen LogP contribution in [0.5, 0.6) is 0 Å². The highest BCUT2D eigenvalue weighted by atomic mass is 16.1. The van der Waals surface area contributed by atoms with Crippen molar-refractivity contribution in [1.29, 1.82) is 0 Å². The van der Waals surface area contributed by atoms with Gasteiger partial charge in [-0.15, -0.1) is 0 Å². The second-order valence-corrected chi connectivity index (χ2v) is 3.87. The molecule has 0 saturated heterocycles. The highest BCUT2D eigenvalue weighted by molar-refractivity contribution is 5.87. The fraction of sp³-hybridized carbons (Fsp3) is 0.727. The monoisotopic (exact) mass is 196 g/mol. The van der Waals surface area contributed by atoms with Gasteiger partial charge in [-0.05, 0) is 25.3 Å². The third-order valence-corrected chi connectivity index (χ3v) is 2.65. The summed E-state index contributed by atoms with van der Waals surface area (Å²) in [5.41, 5.74) is 5.92. The fourth-order valence-electron chi connectivity index (χ4n) is 1.79. The minimum absolute atomic E-state index is 0.00537. The van der Waals surface area contributed by atoms with Crippen LogP contribution in [0, 0.1) is 0 Å². The molecule has 1 amide bonds. The Hall–Kier alpha value is -0.830. The SMILES string of the molecule is CC/C=C/C(=O)N[C@@H]1CCCC[C@H]1N. The summed E-state index contributed by atoms with van der Waals surface area (Å²) in [5, 5.41) is 2.95. The van der Waals surface area contributed by atoms with Crippen LogP contribution in [-0.2, 0) is 4.79 Å². The maximum atomic E-state index is 11.4. The Morgan fingerprint density at radius 1 is 1.50 bits per heavy atom. The Morgan fingerprint density at radius 3 is 2.86 bits per heavy atom. The minimum Gasteiger partial charge on any atom is -0.348 e. The molecular weight excluding hydrogens is 176 g/mol.